The Bertz CT molecular complexity index is 683. The molecule has 6 nitrogen and oxygen atoms in total. The molecule has 1 atom stereocenters. The number of alkyl halides is 2. The highest BCUT2D eigenvalue weighted by molar-refractivity contribution is 5.93. The zero-order valence-electron chi connectivity index (χ0n) is 12.6. The number of carbonyl (C=O) groups excluding carboxylic acids is 1. The summed E-state index contributed by atoms with van der Waals surface area (Å²) < 4.78 is 34.4. The molecule has 1 aliphatic heterocycles. The zero-order valence-corrected chi connectivity index (χ0v) is 12.6. The van der Waals surface area contributed by atoms with E-state index in [1.165, 1.54) is 24.5 Å². The minimum Gasteiger partial charge on any atom is -0.435 e. The first-order valence-electron chi connectivity index (χ1n) is 7.36. The van der Waals surface area contributed by atoms with E-state index in [1.54, 1.807) is 23.1 Å². The first-order chi connectivity index (χ1) is 11.6. The van der Waals surface area contributed by atoms with Crippen LogP contribution in [0.1, 0.15) is 22.0 Å². The van der Waals surface area contributed by atoms with Gasteiger partial charge in [0.25, 0.3) is 5.91 Å². The van der Waals surface area contributed by atoms with Crippen molar-refractivity contribution in [1.29, 1.82) is 0 Å². The monoisotopic (exact) mass is 335 g/mol. The maximum Gasteiger partial charge on any atom is 0.387 e. The minimum atomic E-state index is -2.86. The van der Waals surface area contributed by atoms with E-state index in [9.17, 15) is 13.6 Å². The predicted molar refractivity (Wildman–Crippen MR) is 79.7 cm³/mol. The average Bonchev–Trinajstić information content (AvgIpc) is 2.62. The van der Waals surface area contributed by atoms with Crippen LogP contribution in [0.25, 0.3) is 0 Å². The molecule has 0 bridgehead atoms. The van der Waals surface area contributed by atoms with Gasteiger partial charge >= 0.3 is 6.61 Å². The van der Waals surface area contributed by atoms with Gasteiger partial charge in [-0.3, -0.25) is 4.79 Å². The smallest absolute Gasteiger partial charge is 0.387 e. The van der Waals surface area contributed by atoms with Gasteiger partial charge in [0.15, 0.2) is 0 Å². The lowest BCUT2D eigenvalue weighted by Crippen LogP contribution is -2.42. The number of halogens is 2. The number of morpholine rings is 1. The summed E-state index contributed by atoms with van der Waals surface area (Å²) in [5.41, 5.74) is 1.26. The van der Waals surface area contributed by atoms with Crippen LogP contribution in [0.2, 0.25) is 0 Å². The summed E-state index contributed by atoms with van der Waals surface area (Å²) in [6, 6.07) is 7.84. The molecule has 0 saturated carbocycles. The molecule has 0 radical (unpaired) electrons. The lowest BCUT2D eigenvalue weighted by molar-refractivity contribution is -0.0499. The van der Waals surface area contributed by atoms with Crippen LogP contribution < -0.4 is 4.74 Å². The normalized spacial score (nSPS) is 17.8. The third-order valence-corrected chi connectivity index (χ3v) is 3.66. The number of hydrogen-bond donors (Lipinski definition) is 0. The molecule has 8 heteroatoms. The first-order valence-corrected chi connectivity index (χ1v) is 7.36. The van der Waals surface area contributed by atoms with Crippen molar-refractivity contribution in [3.63, 3.8) is 0 Å². The third-order valence-electron chi connectivity index (χ3n) is 3.66. The molecule has 2 heterocycles. The molecular formula is C16H15F2N3O3. The van der Waals surface area contributed by atoms with Gasteiger partial charge < -0.3 is 14.4 Å². The molecule has 126 valence electrons. The molecule has 0 spiro atoms. The Kier molecular flexibility index (Phi) is 4.95. The molecule has 1 aliphatic rings. The van der Waals surface area contributed by atoms with Gasteiger partial charge in [-0.2, -0.15) is 19.0 Å². The summed E-state index contributed by atoms with van der Waals surface area (Å²) in [6.07, 6.45) is 2.56. The van der Waals surface area contributed by atoms with Crippen molar-refractivity contribution >= 4 is 5.91 Å². The van der Waals surface area contributed by atoms with Gasteiger partial charge in [-0.25, -0.2) is 0 Å². The molecular weight excluding hydrogens is 320 g/mol. The second kappa shape index (κ2) is 7.31. The maximum absolute atomic E-state index is 12.5. The number of amides is 1. The van der Waals surface area contributed by atoms with E-state index in [-0.39, 0.29) is 17.8 Å². The Morgan fingerprint density at radius 3 is 2.71 bits per heavy atom. The fourth-order valence-electron chi connectivity index (χ4n) is 2.50. The summed E-state index contributed by atoms with van der Waals surface area (Å²) >= 11 is 0. The van der Waals surface area contributed by atoms with Gasteiger partial charge in [-0.1, -0.05) is 12.1 Å². The Labute approximate surface area is 137 Å². The molecule has 1 aromatic heterocycles. The van der Waals surface area contributed by atoms with E-state index in [4.69, 9.17) is 4.74 Å². The number of ether oxygens (including phenoxy) is 2. The fourth-order valence-corrected chi connectivity index (χ4v) is 2.50. The molecule has 1 saturated heterocycles. The topological polar surface area (TPSA) is 64.6 Å². The van der Waals surface area contributed by atoms with E-state index in [2.05, 4.69) is 14.9 Å². The minimum absolute atomic E-state index is 0.0837. The van der Waals surface area contributed by atoms with Crippen molar-refractivity contribution in [1.82, 2.24) is 15.1 Å². The van der Waals surface area contributed by atoms with E-state index in [1.807, 2.05) is 0 Å². The summed E-state index contributed by atoms with van der Waals surface area (Å²) in [7, 11) is 0. The van der Waals surface area contributed by atoms with Crippen molar-refractivity contribution in [2.75, 3.05) is 19.7 Å². The molecule has 3 rings (SSSR count). The highest BCUT2D eigenvalue weighted by Gasteiger charge is 2.26. The van der Waals surface area contributed by atoms with Crippen LogP contribution in [-0.4, -0.2) is 47.3 Å². The van der Waals surface area contributed by atoms with Crippen LogP contribution in [0.3, 0.4) is 0 Å². The summed E-state index contributed by atoms with van der Waals surface area (Å²) in [5.74, 6) is -0.0591. The van der Waals surface area contributed by atoms with Crippen molar-refractivity contribution in [2.45, 2.75) is 12.7 Å². The molecule has 0 N–H and O–H groups in total. The second-order valence-electron chi connectivity index (χ2n) is 5.19. The van der Waals surface area contributed by atoms with Gasteiger partial charge in [0.2, 0.25) is 0 Å². The van der Waals surface area contributed by atoms with Crippen molar-refractivity contribution in [3.8, 4) is 5.75 Å². The second-order valence-corrected chi connectivity index (χ2v) is 5.19. The molecule has 1 amide bonds. The SMILES string of the molecule is O=C(c1ccnnc1)N1CCO[C@@H](c2ccc(OC(F)F)cc2)C1. The van der Waals surface area contributed by atoms with E-state index < -0.39 is 6.61 Å². The van der Waals surface area contributed by atoms with Crippen molar-refractivity contribution < 1.29 is 23.0 Å². The molecule has 2 aromatic rings. The highest BCUT2D eigenvalue weighted by atomic mass is 19.3. The Hall–Kier alpha value is -2.61. The van der Waals surface area contributed by atoms with Crippen LogP contribution in [0.4, 0.5) is 8.78 Å². The number of aromatic nitrogens is 2. The lowest BCUT2D eigenvalue weighted by Gasteiger charge is -2.33. The summed E-state index contributed by atoms with van der Waals surface area (Å²) in [4.78, 5) is 14.1. The Morgan fingerprint density at radius 1 is 1.25 bits per heavy atom. The van der Waals surface area contributed by atoms with Crippen LogP contribution in [0.15, 0.2) is 42.7 Å². The van der Waals surface area contributed by atoms with Gasteiger partial charge in [0.1, 0.15) is 11.9 Å². The first kappa shape index (κ1) is 16.3. The number of carbonyl (C=O) groups is 1. The highest BCUT2D eigenvalue weighted by Crippen LogP contribution is 2.25. The molecule has 0 unspecified atom stereocenters. The number of hydrogen-bond acceptors (Lipinski definition) is 5. The van der Waals surface area contributed by atoms with Crippen LogP contribution >= 0.6 is 0 Å². The molecule has 24 heavy (non-hydrogen) atoms. The van der Waals surface area contributed by atoms with Crippen molar-refractivity contribution in [3.05, 3.63) is 53.9 Å². The number of rotatable bonds is 4. The standard InChI is InChI=1S/C16H15F2N3O3/c17-16(18)24-13-3-1-11(2-4-13)14-10-21(7-8-23-14)15(22)12-5-6-19-20-9-12/h1-6,9,14,16H,7-8,10H2/t14-/m1/s1. The number of nitrogens with zero attached hydrogens (tertiary/aromatic N) is 3. The summed E-state index contributed by atoms with van der Waals surface area (Å²) in [6.45, 7) is -1.62. The third kappa shape index (κ3) is 3.83. The van der Waals surface area contributed by atoms with E-state index >= 15 is 0 Å². The van der Waals surface area contributed by atoms with Crippen LogP contribution in [0, 0.1) is 0 Å². The predicted octanol–water partition coefficient (Wildman–Crippen LogP) is 2.29. The average molecular weight is 335 g/mol. The Morgan fingerprint density at radius 2 is 2.04 bits per heavy atom. The summed E-state index contributed by atoms with van der Waals surface area (Å²) in [5, 5.41) is 7.36. The van der Waals surface area contributed by atoms with E-state index in [0.717, 1.165) is 5.56 Å². The molecule has 0 aliphatic carbocycles. The van der Waals surface area contributed by atoms with Crippen molar-refractivity contribution in [2.24, 2.45) is 0 Å². The molecule has 1 fully saturated rings. The maximum atomic E-state index is 12.5. The Balaban J connectivity index is 1.68. The lowest BCUT2D eigenvalue weighted by atomic mass is 10.1. The van der Waals surface area contributed by atoms with Gasteiger partial charge in [-0.15, -0.1) is 0 Å². The fraction of sp³-hybridized carbons (Fsp3) is 0.312. The zero-order chi connectivity index (χ0) is 16.9. The van der Waals surface area contributed by atoms with Crippen LogP contribution in [-0.2, 0) is 4.74 Å². The largest absolute Gasteiger partial charge is 0.435 e. The molecule has 1 aromatic carbocycles. The van der Waals surface area contributed by atoms with Crippen LogP contribution in [0.5, 0.6) is 5.75 Å². The quantitative estimate of drug-likeness (QED) is 0.858. The van der Waals surface area contributed by atoms with Gasteiger partial charge in [0, 0.05) is 6.54 Å². The van der Waals surface area contributed by atoms with E-state index in [0.29, 0.717) is 25.3 Å². The number of benzene rings is 1. The van der Waals surface area contributed by atoms with Gasteiger partial charge in [-0.05, 0) is 23.8 Å². The van der Waals surface area contributed by atoms with Gasteiger partial charge in [0.05, 0.1) is 31.1 Å².